The highest BCUT2D eigenvalue weighted by Crippen LogP contribution is 2.27. The summed E-state index contributed by atoms with van der Waals surface area (Å²) in [7, 11) is 0. The molecule has 0 amide bonds. The standard InChI is InChI=1S/C14H20ClF2N/c1-4-18-14(6-5-9(2)3)10-7-13(17)11(15)8-12(10)16/h7-9,14,18H,4-6H2,1-3H3. The molecule has 1 N–H and O–H groups in total. The Kier molecular flexibility index (Phi) is 6.03. The molecule has 102 valence electrons. The zero-order chi connectivity index (χ0) is 13.7. The summed E-state index contributed by atoms with van der Waals surface area (Å²) in [5.74, 6) is -0.483. The molecule has 1 nitrogen and oxygen atoms in total. The van der Waals surface area contributed by atoms with Crippen molar-refractivity contribution in [3.05, 3.63) is 34.4 Å². The molecule has 0 fully saturated rings. The summed E-state index contributed by atoms with van der Waals surface area (Å²) in [5.41, 5.74) is 0.361. The van der Waals surface area contributed by atoms with Crippen LogP contribution in [0.5, 0.6) is 0 Å². The maximum atomic E-state index is 13.8. The minimum Gasteiger partial charge on any atom is -0.310 e. The molecule has 0 saturated carbocycles. The highest BCUT2D eigenvalue weighted by atomic mass is 35.5. The molecule has 18 heavy (non-hydrogen) atoms. The van der Waals surface area contributed by atoms with Crippen molar-refractivity contribution in [1.29, 1.82) is 0 Å². The average molecular weight is 276 g/mol. The molecule has 0 aliphatic rings. The lowest BCUT2D eigenvalue weighted by atomic mass is 9.97. The van der Waals surface area contributed by atoms with Gasteiger partial charge in [-0.15, -0.1) is 0 Å². The maximum absolute atomic E-state index is 13.8. The van der Waals surface area contributed by atoms with E-state index in [1.165, 1.54) is 6.07 Å². The first kappa shape index (κ1) is 15.4. The summed E-state index contributed by atoms with van der Waals surface area (Å²) in [5, 5.41) is 3.02. The Hall–Kier alpha value is -0.670. The van der Waals surface area contributed by atoms with Crippen molar-refractivity contribution >= 4 is 11.6 Å². The molecule has 1 atom stereocenters. The van der Waals surface area contributed by atoms with Crippen molar-refractivity contribution < 1.29 is 8.78 Å². The molecule has 0 aromatic heterocycles. The minimum atomic E-state index is -0.569. The summed E-state index contributed by atoms with van der Waals surface area (Å²) >= 11 is 5.56. The van der Waals surface area contributed by atoms with E-state index in [0.717, 1.165) is 18.9 Å². The van der Waals surface area contributed by atoms with Crippen molar-refractivity contribution in [2.45, 2.75) is 39.7 Å². The lowest BCUT2D eigenvalue weighted by Gasteiger charge is -2.20. The van der Waals surface area contributed by atoms with E-state index in [1.54, 1.807) is 0 Å². The van der Waals surface area contributed by atoms with Crippen LogP contribution in [0, 0.1) is 17.6 Å². The van der Waals surface area contributed by atoms with E-state index in [4.69, 9.17) is 11.6 Å². The van der Waals surface area contributed by atoms with Crippen LogP contribution in [-0.2, 0) is 0 Å². The molecule has 0 aliphatic heterocycles. The molecule has 1 unspecified atom stereocenters. The summed E-state index contributed by atoms with van der Waals surface area (Å²) in [6.45, 7) is 6.89. The van der Waals surface area contributed by atoms with Crippen molar-refractivity contribution in [3.8, 4) is 0 Å². The van der Waals surface area contributed by atoms with Gasteiger partial charge in [0, 0.05) is 11.6 Å². The van der Waals surface area contributed by atoms with E-state index in [0.29, 0.717) is 18.0 Å². The fourth-order valence-corrected chi connectivity index (χ4v) is 2.07. The number of hydrogen-bond donors (Lipinski definition) is 1. The second-order valence-electron chi connectivity index (χ2n) is 4.87. The Morgan fingerprint density at radius 1 is 1.17 bits per heavy atom. The first-order valence-electron chi connectivity index (χ1n) is 6.33. The van der Waals surface area contributed by atoms with E-state index >= 15 is 0 Å². The van der Waals surface area contributed by atoms with E-state index in [1.807, 2.05) is 6.92 Å². The number of rotatable bonds is 6. The molecule has 4 heteroatoms. The van der Waals surface area contributed by atoms with Gasteiger partial charge in [-0.3, -0.25) is 0 Å². The van der Waals surface area contributed by atoms with Crippen LogP contribution in [0.3, 0.4) is 0 Å². The SMILES string of the molecule is CCNC(CCC(C)C)c1cc(F)c(Cl)cc1F. The molecule has 1 aromatic carbocycles. The van der Waals surface area contributed by atoms with Gasteiger partial charge in [0.25, 0.3) is 0 Å². The van der Waals surface area contributed by atoms with Crippen LogP contribution in [0.15, 0.2) is 12.1 Å². The summed E-state index contributed by atoms with van der Waals surface area (Å²) in [6, 6.07) is 2.08. The molecular formula is C14H20ClF2N. The summed E-state index contributed by atoms with van der Waals surface area (Å²) in [6.07, 6.45) is 1.74. The van der Waals surface area contributed by atoms with Crippen LogP contribution in [0.4, 0.5) is 8.78 Å². The van der Waals surface area contributed by atoms with Crippen LogP contribution in [0.25, 0.3) is 0 Å². The number of hydrogen-bond acceptors (Lipinski definition) is 1. The molecule has 0 aliphatic carbocycles. The third-order valence-electron chi connectivity index (χ3n) is 2.90. The largest absolute Gasteiger partial charge is 0.310 e. The fourth-order valence-electron chi connectivity index (χ4n) is 1.92. The predicted molar refractivity (Wildman–Crippen MR) is 71.9 cm³/mol. The zero-order valence-corrected chi connectivity index (χ0v) is 11.8. The van der Waals surface area contributed by atoms with Gasteiger partial charge in [-0.2, -0.15) is 0 Å². The first-order chi connectivity index (χ1) is 8.45. The third kappa shape index (κ3) is 4.21. The second kappa shape index (κ2) is 7.05. The van der Waals surface area contributed by atoms with Crippen molar-refractivity contribution in [2.24, 2.45) is 5.92 Å². The molecule has 0 heterocycles. The highest BCUT2D eigenvalue weighted by Gasteiger charge is 2.17. The maximum Gasteiger partial charge on any atom is 0.142 e. The third-order valence-corrected chi connectivity index (χ3v) is 3.19. The van der Waals surface area contributed by atoms with Crippen molar-refractivity contribution in [1.82, 2.24) is 5.32 Å². The highest BCUT2D eigenvalue weighted by molar-refractivity contribution is 6.30. The first-order valence-corrected chi connectivity index (χ1v) is 6.71. The minimum absolute atomic E-state index is 0.163. The molecule has 1 aromatic rings. The van der Waals surface area contributed by atoms with Crippen LogP contribution < -0.4 is 5.32 Å². The van der Waals surface area contributed by atoms with Gasteiger partial charge in [0.1, 0.15) is 11.6 Å². The smallest absolute Gasteiger partial charge is 0.142 e. The van der Waals surface area contributed by atoms with Gasteiger partial charge >= 0.3 is 0 Å². The topological polar surface area (TPSA) is 12.0 Å². The van der Waals surface area contributed by atoms with Crippen LogP contribution in [-0.4, -0.2) is 6.54 Å². The normalized spacial score (nSPS) is 13.1. The zero-order valence-electron chi connectivity index (χ0n) is 11.1. The predicted octanol–water partition coefficient (Wildman–Crippen LogP) is 4.71. The van der Waals surface area contributed by atoms with Crippen molar-refractivity contribution in [2.75, 3.05) is 6.54 Å². The van der Waals surface area contributed by atoms with Gasteiger partial charge in [0.15, 0.2) is 0 Å². The summed E-state index contributed by atoms with van der Waals surface area (Å²) < 4.78 is 27.3. The van der Waals surface area contributed by atoms with E-state index in [-0.39, 0.29) is 11.1 Å². The average Bonchev–Trinajstić information content (AvgIpc) is 2.29. The van der Waals surface area contributed by atoms with Gasteiger partial charge in [0.05, 0.1) is 5.02 Å². The van der Waals surface area contributed by atoms with Gasteiger partial charge in [-0.05, 0) is 37.4 Å². The van der Waals surface area contributed by atoms with E-state index in [9.17, 15) is 8.78 Å². The lowest BCUT2D eigenvalue weighted by molar-refractivity contribution is 0.431. The molecule has 0 radical (unpaired) electrons. The fraction of sp³-hybridized carbons (Fsp3) is 0.571. The molecule has 0 spiro atoms. The van der Waals surface area contributed by atoms with Gasteiger partial charge in [-0.1, -0.05) is 32.4 Å². The number of halogens is 3. The molecule has 0 saturated heterocycles. The number of benzene rings is 1. The van der Waals surface area contributed by atoms with Crippen LogP contribution in [0.1, 0.15) is 45.2 Å². The van der Waals surface area contributed by atoms with Gasteiger partial charge in [0.2, 0.25) is 0 Å². The lowest BCUT2D eigenvalue weighted by Crippen LogP contribution is -2.22. The Morgan fingerprint density at radius 3 is 2.39 bits per heavy atom. The van der Waals surface area contributed by atoms with E-state index in [2.05, 4.69) is 19.2 Å². The van der Waals surface area contributed by atoms with Gasteiger partial charge < -0.3 is 5.32 Å². The Bertz CT molecular complexity index is 394. The Labute approximate surface area is 113 Å². The second-order valence-corrected chi connectivity index (χ2v) is 5.28. The van der Waals surface area contributed by atoms with Crippen molar-refractivity contribution in [3.63, 3.8) is 0 Å². The number of nitrogens with one attached hydrogen (secondary N) is 1. The van der Waals surface area contributed by atoms with Crippen LogP contribution in [0.2, 0.25) is 5.02 Å². The molecule has 1 rings (SSSR count). The Morgan fingerprint density at radius 2 is 1.83 bits per heavy atom. The van der Waals surface area contributed by atoms with Crippen LogP contribution >= 0.6 is 11.6 Å². The van der Waals surface area contributed by atoms with Gasteiger partial charge in [-0.25, -0.2) is 8.78 Å². The Balaban J connectivity index is 2.94. The van der Waals surface area contributed by atoms with E-state index < -0.39 is 11.6 Å². The molecular weight excluding hydrogens is 256 g/mol. The summed E-state index contributed by atoms with van der Waals surface area (Å²) in [4.78, 5) is 0. The molecule has 0 bridgehead atoms. The quantitative estimate of drug-likeness (QED) is 0.742. The monoisotopic (exact) mass is 275 g/mol.